The average molecular weight is 387 g/mol. The van der Waals surface area contributed by atoms with E-state index in [0.717, 1.165) is 5.56 Å². The van der Waals surface area contributed by atoms with Crippen LogP contribution in [0.25, 0.3) is 0 Å². The third-order valence-corrected chi connectivity index (χ3v) is 10.9. The molecule has 1 aromatic heterocycles. The first-order valence-electron chi connectivity index (χ1n) is 8.52. The summed E-state index contributed by atoms with van der Waals surface area (Å²) in [5.41, 5.74) is 0.923. The molecule has 1 fully saturated rings. The maximum absolute atomic E-state index is 12.0. The average Bonchev–Trinajstić information content (AvgIpc) is 2.82. The molecule has 0 bridgehead atoms. The molecular weight excluding hydrogens is 356 g/mol. The highest BCUT2D eigenvalue weighted by molar-refractivity contribution is 7.88. The summed E-state index contributed by atoms with van der Waals surface area (Å²) in [6, 6.07) is 3.78. The molecule has 2 heterocycles. The molecule has 0 N–H and O–H groups in total. The van der Waals surface area contributed by atoms with Gasteiger partial charge in [0, 0.05) is 18.3 Å². The summed E-state index contributed by atoms with van der Waals surface area (Å²) in [6.45, 7) is 13.4. The summed E-state index contributed by atoms with van der Waals surface area (Å²) in [4.78, 5) is 4.27. The predicted molar refractivity (Wildman–Crippen MR) is 102 cm³/mol. The zero-order valence-electron chi connectivity index (χ0n) is 16.2. The number of hydrogen-bond donors (Lipinski definition) is 0. The Hall–Kier alpha value is -0.963. The Morgan fingerprint density at radius 2 is 1.84 bits per heavy atom. The van der Waals surface area contributed by atoms with E-state index in [-0.39, 0.29) is 23.8 Å². The van der Waals surface area contributed by atoms with Crippen molar-refractivity contribution in [1.29, 1.82) is 0 Å². The Kier molecular flexibility index (Phi) is 5.68. The molecule has 0 saturated carbocycles. The number of rotatable bonds is 5. The van der Waals surface area contributed by atoms with Gasteiger partial charge in [-0.15, -0.1) is 0 Å². The van der Waals surface area contributed by atoms with E-state index < -0.39 is 18.3 Å². The fourth-order valence-electron chi connectivity index (χ4n) is 2.50. The summed E-state index contributed by atoms with van der Waals surface area (Å²) in [7, 11) is -5.35. The molecule has 0 aromatic carbocycles. The van der Waals surface area contributed by atoms with Crippen LogP contribution in [0.4, 0.5) is 0 Å². The Morgan fingerprint density at radius 3 is 2.36 bits per heavy atom. The molecule has 2 atom stereocenters. The number of hydrogen-bond acceptors (Lipinski definition) is 5. The van der Waals surface area contributed by atoms with Crippen molar-refractivity contribution in [1.82, 2.24) is 9.29 Å². The summed E-state index contributed by atoms with van der Waals surface area (Å²) in [5.74, 6) is 0.534. The van der Waals surface area contributed by atoms with Gasteiger partial charge in [0.15, 0.2) is 8.32 Å². The van der Waals surface area contributed by atoms with Gasteiger partial charge >= 0.3 is 0 Å². The van der Waals surface area contributed by atoms with Gasteiger partial charge in [0.1, 0.15) is 6.10 Å². The van der Waals surface area contributed by atoms with Crippen LogP contribution in [-0.2, 0) is 14.4 Å². The van der Waals surface area contributed by atoms with Crippen LogP contribution in [0.2, 0.25) is 18.1 Å². The van der Waals surface area contributed by atoms with Crippen LogP contribution in [0, 0.1) is 6.92 Å². The predicted octanol–water partition coefficient (Wildman–Crippen LogP) is 2.80. The lowest BCUT2D eigenvalue weighted by Gasteiger charge is -2.39. The minimum absolute atomic E-state index is 0.0387. The minimum atomic E-state index is -3.29. The van der Waals surface area contributed by atoms with Crippen LogP contribution in [0.3, 0.4) is 0 Å². The molecule has 1 saturated heterocycles. The van der Waals surface area contributed by atoms with Gasteiger partial charge < -0.3 is 9.16 Å². The molecular formula is C17H30N2O4SSi. The van der Waals surface area contributed by atoms with Crippen LogP contribution in [0.15, 0.2) is 18.3 Å². The van der Waals surface area contributed by atoms with Crippen molar-refractivity contribution in [3.05, 3.63) is 23.9 Å². The van der Waals surface area contributed by atoms with Crippen molar-refractivity contribution in [2.75, 3.05) is 19.3 Å². The maximum atomic E-state index is 12.0. The maximum Gasteiger partial charge on any atom is 0.216 e. The molecule has 0 amide bonds. The highest BCUT2D eigenvalue weighted by Gasteiger charge is 2.46. The van der Waals surface area contributed by atoms with Gasteiger partial charge in [-0.2, -0.15) is 4.31 Å². The Balaban J connectivity index is 2.25. The molecule has 1 aromatic rings. The quantitative estimate of drug-likeness (QED) is 0.728. The number of sulfonamides is 1. The largest absolute Gasteiger partial charge is 0.470 e. The third kappa shape index (κ3) is 4.81. The topological polar surface area (TPSA) is 68.7 Å². The van der Waals surface area contributed by atoms with E-state index in [1.54, 1.807) is 6.20 Å². The van der Waals surface area contributed by atoms with Crippen molar-refractivity contribution >= 4 is 18.3 Å². The number of aryl methyl sites for hydroxylation is 1. The molecule has 6 nitrogen and oxygen atoms in total. The van der Waals surface area contributed by atoms with E-state index in [4.69, 9.17) is 9.16 Å². The molecule has 1 aliphatic rings. The highest BCUT2D eigenvalue weighted by Crippen LogP contribution is 2.39. The van der Waals surface area contributed by atoms with Gasteiger partial charge in [0.2, 0.25) is 15.9 Å². The van der Waals surface area contributed by atoms with E-state index in [9.17, 15) is 8.42 Å². The summed E-state index contributed by atoms with van der Waals surface area (Å²) in [6.07, 6.45) is 2.24. The summed E-state index contributed by atoms with van der Waals surface area (Å²) < 4.78 is 38.0. The highest BCUT2D eigenvalue weighted by atomic mass is 32.2. The normalized spacial score (nSPS) is 23.0. The van der Waals surface area contributed by atoms with Gasteiger partial charge in [-0.05, 0) is 31.1 Å². The lowest BCUT2D eigenvalue weighted by Crippen LogP contribution is -2.48. The van der Waals surface area contributed by atoms with E-state index in [2.05, 4.69) is 38.8 Å². The SMILES string of the molecule is Cc1cccnc1O[C@@H]1CN(S(C)(=O)=O)C[C@H]1O[Si](C)(C)C(C)(C)C. The van der Waals surface area contributed by atoms with E-state index in [1.807, 2.05) is 19.1 Å². The fraction of sp³-hybridized carbons (Fsp3) is 0.706. The number of ether oxygens (including phenoxy) is 1. The second kappa shape index (κ2) is 6.98. The molecule has 0 unspecified atom stereocenters. The first kappa shape index (κ1) is 20.4. The second-order valence-corrected chi connectivity index (χ2v) is 15.0. The minimum Gasteiger partial charge on any atom is -0.470 e. The van der Waals surface area contributed by atoms with Gasteiger partial charge in [-0.1, -0.05) is 26.8 Å². The Labute approximate surface area is 152 Å². The van der Waals surface area contributed by atoms with Crippen molar-refractivity contribution in [3.8, 4) is 5.88 Å². The van der Waals surface area contributed by atoms with Crippen LogP contribution in [0.5, 0.6) is 5.88 Å². The van der Waals surface area contributed by atoms with Crippen molar-refractivity contribution in [2.45, 2.75) is 58.0 Å². The molecule has 0 radical (unpaired) electrons. The first-order chi connectivity index (χ1) is 11.3. The van der Waals surface area contributed by atoms with Gasteiger partial charge in [-0.3, -0.25) is 0 Å². The summed E-state index contributed by atoms with van der Waals surface area (Å²) in [5, 5.41) is 0.0387. The molecule has 142 valence electrons. The molecule has 8 heteroatoms. The number of nitrogens with zero attached hydrogens (tertiary/aromatic N) is 2. The Morgan fingerprint density at radius 1 is 1.24 bits per heavy atom. The van der Waals surface area contributed by atoms with Crippen molar-refractivity contribution in [3.63, 3.8) is 0 Å². The molecule has 1 aliphatic heterocycles. The van der Waals surface area contributed by atoms with Crippen LogP contribution >= 0.6 is 0 Å². The van der Waals surface area contributed by atoms with Gasteiger partial charge in [0.25, 0.3) is 0 Å². The van der Waals surface area contributed by atoms with Crippen LogP contribution in [-0.4, -0.2) is 57.6 Å². The van der Waals surface area contributed by atoms with Crippen LogP contribution < -0.4 is 4.74 Å². The van der Waals surface area contributed by atoms with E-state index >= 15 is 0 Å². The van der Waals surface area contributed by atoms with Crippen molar-refractivity contribution < 1.29 is 17.6 Å². The van der Waals surface area contributed by atoms with Gasteiger partial charge in [-0.25, -0.2) is 13.4 Å². The van der Waals surface area contributed by atoms with E-state index in [1.165, 1.54) is 10.6 Å². The number of pyridine rings is 1. The molecule has 25 heavy (non-hydrogen) atoms. The van der Waals surface area contributed by atoms with Gasteiger partial charge in [0.05, 0.1) is 18.9 Å². The second-order valence-electron chi connectivity index (χ2n) is 8.28. The molecule has 0 spiro atoms. The molecule has 2 rings (SSSR count). The standard InChI is InChI=1S/C17H30N2O4SSi/c1-13-9-8-10-18-16(13)22-14-11-19(24(5,20)21)12-15(14)23-25(6,7)17(2,3)4/h8-10,14-15H,11-12H2,1-7H3/t14-,15-/m1/s1. The van der Waals surface area contributed by atoms with Crippen LogP contribution in [0.1, 0.15) is 26.3 Å². The Bertz CT molecular complexity index is 716. The lowest BCUT2D eigenvalue weighted by molar-refractivity contribution is 0.0772. The van der Waals surface area contributed by atoms with Crippen molar-refractivity contribution in [2.24, 2.45) is 0 Å². The van der Waals surface area contributed by atoms with E-state index in [0.29, 0.717) is 12.4 Å². The molecule has 0 aliphatic carbocycles. The monoisotopic (exact) mass is 386 g/mol. The summed E-state index contributed by atoms with van der Waals surface area (Å²) >= 11 is 0. The zero-order valence-corrected chi connectivity index (χ0v) is 18.1. The fourth-order valence-corrected chi connectivity index (χ4v) is 4.67. The number of aromatic nitrogens is 1. The third-order valence-electron chi connectivity index (χ3n) is 5.13. The first-order valence-corrected chi connectivity index (χ1v) is 13.3. The lowest BCUT2D eigenvalue weighted by atomic mass is 10.2. The smallest absolute Gasteiger partial charge is 0.216 e. The zero-order chi connectivity index (χ0) is 19.0.